The van der Waals surface area contributed by atoms with Crippen LogP contribution in [0.4, 0.5) is 13.2 Å². The van der Waals surface area contributed by atoms with Gasteiger partial charge in [0.2, 0.25) is 0 Å². The summed E-state index contributed by atoms with van der Waals surface area (Å²) in [6.45, 7) is 0.950. The Morgan fingerprint density at radius 2 is 1.48 bits per heavy atom. The van der Waals surface area contributed by atoms with Crippen LogP contribution < -0.4 is 4.74 Å². The maximum Gasteiger partial charge on any atom is 0.387 e. The van der Waals surface area contributed by atoms with Gasteiger partial charge in [-0.1, -0.05) is 31.9 Å². The van der Waals surface area contributed by atoms with E-state index < -0.39 is 12.4 Å². The van der Waals surface area contributed by atoms with Crippen LogP contribution in [0, 0.1) is 30.5 Å². The van der Waals surface area contributed by atoms with Crippen molar-refractivity contribution in [2.24, 2.45) is 17.8 Å². The van der Waals surface area contributed by atoms with Crippen molar-refractivity contribution in [3.8, 4) is 5.75 Å². The minimum Gasteiger partial charge on any atom is -0.431 e. The van der Waals surface area contributed by atoms with Crippen LogP contribution in [0.15, 0.2) is 12.1 Å². The Kier molecular flexibility index (Phi) is 5.96. The first-order valence-electron chi connectivity index (χ1n) is 9.69. The Bertz CT molecular complexity index is 571. The molecule has 1 aromatic rings. The van der Waals surface area contributed by atoms with Crippen molar-refractivity contribution in [3.05, 3.63) is 29.1 Å². The smallest absolute Gasteiger partial charge is 0.387 e. The topological polar surface area (TPSA) is 9.23 Å². The van der Waals surface area contributed by atoms with Crippen molar-refractivity contribution >= 4 is 0 Å². The van der Waals surface area contributed by atoms with Crippen LogP contribution in [0.1, 0.15) is 75.3 Å². The highest BCUT2D eigenvalue weighted by molar-refractivity contribution is 5.40. The lowest BCUT2D eigenvalue weighted by molar-refractivity contribution is -0.0527. The molecule has 0 N–H and O–H groups in total. The van der Waals surface area contributed by atoms with Gasteiger partial charge in [0.25, 0.3) is 0 Å². The number of hydrogen-bond donors (Lipinski definition) is 0. The number of hydrogen-bond acceptors (Lipinski definition) is 1. The van der Waals surface area contributed by atoms with Crippen LogP contribution >= 0.6 is 0 Å². The quantitative estimate of drug-likeness (QED) is 0.575. The van der Waals surface area contributed by atoms with E-state index in [1.165, 1.54) is 25.7 Å². The largest absolute Gasteiger partial charge is 0.431 e. The van der Waals surface area contributed by atoms with Crippen molar-refractivity contribution in [1.82, 2.24) is 0 Å². The molecule has 0 unspecified atom stereocenters. The second-order valence-electron chi connectivity index (χ2n) is 8.12. The molecule has 0 spiro atoms. The summed E-state index contributed by atoms with van der Waals surface area (Å²) in [4.78, 5) is 0. The summed E-state index contributed by atoms with van der Waals surface area (Å²) in [7, 11) is 0. The van der Waals surface area contributed by atoms with E-state index >= 15 is 0 Å². The fraction of sp³-hybridized carbons (Fsp3) is 0.714. The lowest BCUT2D eigenvalue weighted by Gasteiger charge is -2.37. The van der Waals surface area contributed by atoms with Crippen LogP contribution in [-0.2, 0) is 0 Å². The normalized spacial score (nSPS) is 30.5. The molecule has 0 amide bonds. The molecule has 140 valence electrons. The van der Waals surface area contributed by atoms with Crippen LogP contribution in [-0.4, -0.2) is 6.61 Å². The molecular formula is C21H29F3O. The summed E-state index contributed by atoms with van der Waals surface area (Å²) in [5, 5.41) is 0. The van der Waals surface area contributed by atoms with Crippen LogP contribution in [0.25, 0.3) is 0 Å². The maximum absolute atomic E-state index is 14.7. The first kappa shape index (κ1) is 18.6. The van der Waals surface area contributed by atoms with E-state index in [9.17, 15) is 13.2 Å². The summed E-state index contributed by atoms with van der Waals surface area (Å²) in [5.41, 5.74) is 0.975. The zero-order valence-electron chi connectivity index (χ0n) is 15.2. The molecule has 2 aliphatic rings. The molecule has 0 bridgehead atoms. The number of alkyl halides is 2. The summed E-state index contributed by atoms with van der Waals surface area (Å²) >= 11 is 0. The van der Waals surface area contributed by atoms with E-state index in [0.29, 0.717) is 11.1 Å². The van der Waals surface area contributed by atoms with Gasteiger partial charge in [-0.3, -0.25) is 0 Å². The average Bonchev–Trinajstić information content (AvgIpc) is 2.59. The van der Waals surface area contributed by atoms with Gasteiger partial charge in [0.1, 0.15) is 0 Å². The molecule has 25 heavy (non-hydrogen) atoms. The molecule has 4 heteroatoms. The summed E-state index contributed by atoms with van der Waals surface area (Å²) in [5.74, 6) is 1.71. The Morgan fingerprint density at radius 1 is 0.920 bits per heavy atom. The summed E-state index contributed by atoms with van der Waals surface area (Å²) < 4.78 is 44.2. The van der Waals surface area contributed by atoms with Crippen LogP contribution in [0.2, 0.25) is 0 Å². The van der Waals surface area contributed by atoms with Crippen molar-refractivity contribution in [2.45, 2.75) is 77.7 Å². The number of aryl methyl sites for hydroxylation is 1. The molecule has 0 atom stereocenters. The van der Waals surface area contributed by atoms with Gasteiger partial charge < -0.3 is 4.74 Å². The van der Waals surface area contributed by atoms with E-state index in [0.717, 1.165) is 43.4 Å². The average molecular weight is 354 g/mol. The Balaban J connectivity index is 1.65. The second kappa shape index (κ2) is 8.01. The lowest BCUT2D eigenvalue weighted by Crippen LogP contribution is -2.25. The molecule has 0 radical (unpaired) electrons. The first-order chi connectivity index (χ1) is 12.0. The molecule has 0 aromatic heterocycles. The van der Waals surface area contributed by atoms with Crippen molar-refractivity contribution in [2.75, 3.05) is 0 Å². The van der Waals surface area contributed by atoms with Gasteiger partial charge >= 0.3 is 6.61 Å². The third kappa shape index (κ3) is 4.32. The molecule has 0 aliphatic heterocycles. The Hall–Kier alpha value is -1.19. The second-order valence-corrected chi connectivity index (χ2v) is 8.12. The van der Waals surface area contributed by atoms with E-state index in [1.807, 2.05) is 0 Å². The van der Waals surface area contributed by atoms with Gasteiger partial charge in [0.05, 0.1) is 0 Å². The monoisotopic (exact) mass is 354 g/mol. The summed E-state index contributed by atoms with van der Waals surface area (Å²) in [6.07, 6.45) is 9.50. The molecule has 3 rings (SSSR count). The van der Waals surface area contributed by atoms with Crippen molar-refractivity contribution in [1.29, 1.82) is 0 Å². The van der Waals surface area contributed by atoms with Crippen LogP contribution in [0.5, 0.6) is 5.75 Å². The minimum atomic E-state index is -2.99. The highest BCUT2D eigenvalue weighted by Crippen LogP contribution is 2.45. The minimum absolute atomic E-state index is 0.124. The molecular weight excluding hydrogens is 325 g/mol. The van der Waals surface area contributed by atoms with Crippen LogP contribution in [0.3, 0.4) is 0 Å². The Labute approximate surface area is 149 Å². The van der Waals surface area contributed by atoms with Gasteiger partial charge in [-0.05, 0) is 80.2 Å². The van der Waals surface area contributed by atoms with E-state index in [-0.39, 0.29) is 11.7 Å². The van der Waals surface area contributed by atoms with Gasteiger partial charge in [0.15, 0.2) is 11.6 Å². The van der Waals surface area contributed by atoms with Gasteiger partial charge in [-0.25, -0.2) is 4.39 Å². The molecule has 0 heterocycles. The fourth-order valence-corrected chi connectivity index (χ4v) is 4.88. The fourth-order valence-electron chi connectivity index (χ4n) is 4.88. The third-order valence-corrected chi connectivity index (χ3v) is 6.47. The number of benzene rings is 1. The highest BCUT2D eigenvalue weighted by atomic mass is 19.3. The summed E-state index contributed by atoms with van der Waals surface area (Å²) in [6, 6.07) is 3.46. The molecule has 0 saturated heterocycles. The van der Waals surface area contributed by atoms with E-state index in [2.05, 4.69) is 11.7 Å². The highest BCUT2D eigenvalue weighted by Gasteiger charge is 2.32. The predicted octanol–water partition coefficient (Wildman–Crippen LogP) is 6.84. The molecule has 2 aliphatic carbocycles. The SMILES string of the molecule is Cc1ccc(C2CCC(C3CCC(C)CC3)CC2)c(F)c1OC(F)F. The van der Waals surface area contributed by atoms with Crippen molar-refractivity contribution < 1.29 is 17.9 Å². The van der Waals surface area contributed by atoms with Gasteiger partial charge in [-0.2, -0.15) is 8.78 Å². The van der Waals surface area contributed by atoms with Gasteiger partial charge in [0, 0.05) is 0 Å². The zero-order chi connectivity index (χ0) is 18.0. The lowest BCUT2D eigenvalue weighted by atomic mass is 9.68. The number of rotatable bonds is 4. The van der Waals surface area contributed by atoms with E-state index in [1.54, 1.807) is 19.1 Å². The van der Waals surface area contributed by atoms with E-state index in [4.69, 9.17) is 0 Å². The first-order valence-corrected chi connectivity index (χ1v) is 9.69. The van der Waals surface area contributed by atoms with Gasteiger partial charge in [-0.15, -0.1) is 0 Å². The predicted molar refractivity (Wildman–Crippen MR) is 93.6 cm³/mol. The molecule has 2 saturated carbocycles. The number of halogens is 3. The standard InChI is InChI=1S/C21H29F3O/c1-13-3-6-15(7-4-13)16-8-10-17(11-9-16)18-12-5-14(2)20(19(18)22)25-21(23)24/h5,12-13,15-17,21H,3-4,6-11H2,1-2H3. The Morgan fingerprint density at radius 3 is 2.04 bits per heavy atom. The number of ether oxygens (including phenoxy) is 1. The molecule has 2 fully saturated rings. The van der Waals surface area contributed by atoms with Crippen molar-refractivity contribution in [3.63, 3.8) is 0 Å². The third-order valence-electron chi connectivity index (χ3n) is 6.47. The molecule has 1 nitrogen and oxygen atoms in total. The maximum atomic E-state index is 14.7. The zero-order valence-corrected chi connectivity index (χ0v) is 15.2. The molecule has 1 aromatic carbocycles.